The van der Waals surface area contributed by atoms with Crippen molar-refractivity contribution in [2.45, 2.75) is 13.3 Å². The van der Waals surface area contributed by atoms with Gasteiger partial charge in [-0.3, -0.25) is 9.59 Å². The van der Waals surface area contributed by atoms with E-state index in [-0.39, 0.29) is 17.3 Å². The van der Waals surface area contributed by atoms with E-state index in [4.69, 9.17) is 32.7 Å². The number of benzene rings is 1. The molecule has 0 saturated carbocycles. The first-order valence-corrected chi connectivity index (χ1v) is 8.06. The van der Waals surface area contributed by atoms with Crippen LogP contribution in [0.3, 0.4) is 0 Å². The highest BCUT2D eigenvalue weighted by molar-refractivity contribution is 6.36. The zero-order valence-electron chi connectivity index (χ0n) is 13.6. The van der Waals surface area contributed by atoms with Crippen LogP contribution in [0.25, 0.3) is 0 Å². The van der Waals surface area contributed by atoms with Gasteiger partial charge in [0.15, 0.2) is 12.4 Å². The molecule has 0 aliphatic rings. The van der Waals surface area contributed by atoms with Crippen molar-refractivity contribution >= 4 is 40.9 Å². The summed E-state index contributed by atoms with van der Waals surface area (Å²) in [4.78, 5) is 27.9. The molecule has 0 aliphatic carbocycles. The molecule has 1 aromatic carbocycles. The number of carbonyl (C=O) groups excluding carboxylic acids is 2. The molecule has 8 heteroatoms. The average molecular weight is 383 g/mol. The zero-order chi connectivity index (χ0) is 18.4. The summed E-state index contributed by atoms with van der Waals surface area (Å²) in [7, 11) is 1.52. The van der Waals surface area contributed by atoms with Gasteiger partial charge in [-0.25, -0.2) is 4.98 Å². The van der Waals surface area contributed by atoms with Gasteiger partial charge in [0.2, 0.25) is 0 Å². The van der Waals surface area contributed by atoms with Crippen LogP contribution < -0.4 is 10.1 Å². The minimum Gasteiger partial charge on any atom is -0.496 e. The molecule has 0 saturated heterocycles. The maximum absolute atomic E-state index is 11.9. The van der Waals surface area contributed by atoms with E-state index in [2.05, 4.69) is 10.3 Å². The number of aromatic nitrogens is 1. The number of rotatable bonds is 6. The van der Waals surface area contributed by atoms with Gasteiger partial charge in [0.1, 0.15) is 5.75 Å². The lowest BCUT2D eigenvalue weighted by molar-refractivity contribution is -0.146. The van der Waals surface area contributed by atoms with E-state index in [0.717, 1.165) is 0 Å². The fourth-order valence-corrected chi connectivity index (χ4v) is 2.42. The average Bonchev–Trinajstić information content (AvgIpc) is 2.58. The van der Waals surface area contributed by atoms with Gasteiger partial charge in [-0.2, -0.15) is 0 Å². The van der Waals surface area contributed by atoms with Gasteiger partial charge in [0, 0.05) is 5.56 Å². The highest BCUT2D eigenvalue weighted by Gasteiger charge is 2.14. The lowest BCUT2D eigenvalue weighted by atomic mass is 10.1. The van der Waals surface area contributed by atoms with Crippen LogP contribution in [0.5, 0.6) is 5.75 Å². The van der Waals surface area contributed by atoms with Crippen molar-refractivity contribution in [3.05, 3.63) is 51.6 Å². The largest absolute Gasteiger partial charge is 0.496 e. The number of methoxy groups -OCH3 is 1. The number of aryl methyl sites for hydroxylation is 1. The molecule has 25 heavy (non-hydrogen) atoms. The number of amides is 1. The number of hydrogen-bond acceptors (Lipinski definition) is 5. The number of para-hydroxylation sites is 1. The van der Waals surface area contributed by atoms with Crippen LogP contribution in [-0.4, -0.2) is 30.6 Å². The van der Waals surface area contributed by atoms with Crippen molar-refractivity contribution < 1.29 is 19.1 Å². The number of hydrogen-bond donors (Lipinski definition) is 1. The van der Waals surface area contributed by atoms with Crippen LogP contribution in [-0.2, 0) is 20.7 Å². The van der Waals surface area contributed by atoms with Gasteiger partial charge in [-0.15, -0.1) is 0 Å². The van der Waals surface area contributed by atoms with Crippen molar-refractivity contribution in [1.29, 1.82) is 0 Å². The van der Waals surface area contributed by atoms with E-state index in [0.29, 0.717) is 22.0 Å². The molecule has 1 heterocycles. The molecule has 0 atom stereocenters. The van der Waals surface area contributed by atoms with Crippen LogP contribution >= 0.6 is 23.2 Å². The maximum atomic E-state index is 11.9. The van der Waals surface area contributed by atoms with Crippen molar-refractivity contribution in [2.24, 2.45) is 0 Å². The number of ether oxygens (including phenoxy) is 2. The Labute approximate surface area is 155 Å². The third kappa shape index (κ3) is 5.34. The van der Waals surface area contributed by atoms with E-state index in [1.807, 2.05) is 0 Å². The number of nitrogens with one attached hydrogen (secondary N) is 1. The molecule has 0 unspecified atom stereocenters. The Morgan fingerprint density at radius 1 is 1.20 bits per heavy atom. The third-order valence-electron chi connectivity index (χ3n) is 3.25. The van der Waals surface area contributed by atoms with Crippen LogP contribution in [0.15, 0.2) is 30.3 Å². The molecule has 2 rings (SSSR count). The maximum Gasteiger partial charge on any atom is 0.310 e. The van der Waals surface area contributed by atoms with Gasteiger partial charge in [-0.05, 0) is 19.1 Å². The SMILES string of the molecule is COc1ccccc1CC(=O)OCC(=O)Nc1nc(C)c(Cl)cc1Cl. The summed E-state index contributed by atoms with van der Waals surface area (Å²) in [6, 6.07) is 8.56. The standard InChI is InChI=1S/C17H16Cl2N2O4/c1-10-12(18)8-13(19)17(20-10)21-15(22)9-25-16(23)7-11-5-3-4-6-14(11)24-2/h3-6,8H,7,9H2,1-2H3,(H,20,21,22). The molecule has 1 aromatic heterocycles. The number of pyridine rings is 1. The van der Waals surface area contributed by atoms with E-state index in [1.165, 1.54) is 13.2 Å². The molecule has 132 valence electrons. The molecule has 1 amide bonds. The fourth-order valence-electron chi connectivity index (χ4n) is 2.02. The summed E-state index contributed by atoms with van der Waals surface area (Å²) in [5, 5.41) is 3.07. The Morgan fingerprint density at radius 3 is 2.64 bits per heavy atom. The minimum absolute atomic E-state index is 0.00362. The summed E-state index contributed by atoms with van der Waals surface area (Å²) in [5.74, 6) is -0.360. The lowest BCUT2D eigenvalue weighted by Gasteiger charge is -2.10. The highest BCUT2D eigenvalue weighted by Crippen LogP contribution is 2.25. The van der Waals surface area contributed by atoms with E-state index in [9.17, 15) is 9.59 Å². The van der Waals surface area contributed by atoms with Gasteiger partial charge < -0.3 is 14.8 Å². The normalized spacial score (nSPS) is 10.2. The van der Waals surface area contributed by atoms with Gasteiger partial charge in [-0.1, -0.05) is 41.4 Å². The second-order valence-electron chi connectivity index (χ2n) is 5.08. The Morgan fingerprint density at radius 2 is 1.92 bits per heavy atom. The molecule has 0 spiro atoms. The lowest BCUT2D eigenvalue weighted by Crippen LogP contribution is -2.22. The van der Waals surface area contributed by atoms with Crippen molar-refractivity contribution in [1.82, 2.24) is 4.98 Å². The van der Waals surface area contributed by atoms with Gasteiger partial charge >= 0.3 is 5.97 Å². The van der Waals surface area contributed by atoms with Crippen molar-refractivity contribution in [3.8, 4) is 5.75 Å². The molecular weight excluding hydrogens is 367 g/mol. The van der Waals surface area contributed by atoms with Crippen LogP contribution in [0.2, 0.25) is 10.0 Å². The monoisotopic (exact) mass is 382 g/mol. The molecule has 6 nitrogen and oxygen atoms in total. The number of esters is 1. The van der Waals surface area contributed by atoms with Gasteiger partial charge in [0.25, 0.3) is 5.91 Å². The Kier molecular flexibility index (Phi) is 6.61. The predicted octanol–water partition coefficient (Wildman–Crippen LogP) is 3.43. The molecule has 1 N–H and O–H groups in total. The molecule has 0 aliphatic heterocycles. The quantitative estimate of drug-likeness (QED) is 0.774. The van der Waals surface area contributed by atoms with Crippen LogP contribution in [0.1, 0.15) is 11.3 Å². The van der Waals surface area contributed by atoms with Crippen molar-refractivity contribution in [2.75, 3.05) is 19.0 Å². The van der Waals surface area contributed by atoms with Gasteiger partial charge in [0.05, 0.1) is 29.3 Å². The first-order chi connectivity index (χ1) is 11.9. The first kappa shape index (κ1) is 19.0. The van der Waals surface area contributed by atoms with E-state index in [1.54, 1.807) is 31.2 Å². The smallest absolute Gasteiger partial charge is 0.310 e. The number of carbonyl (C=O) groups is 2. The number of anilines is 1. The number of nitrogens with zero attached hydrogens (tertiary/aromatic N) is 1. The van der Waals surface area contributed by atoms with Crippen molar-refractivity contribution in [3.63, 3.8) is 0 Å². The highest BCUT2D eigenvalue weighted by atomic mass is 35.5. The minimum atomic E-state index is -0.551. The molecular formula is C17H16Cl2N2O4. The summed E-state index contributed by atoms with van der Waals surface area (Å²) >= 11 is 11.9. The second-order valence-corrected chi connectivity index (χ2v) is 5.90. The Hall–Kier alpha value is -2.31. The molecule has 2 aromatic rings. The Balaban J connectivity index is 1.89. The third-order valence-corrected chi connectivity index (χ3v) is 3.92. The fraction of sp³-hybridized carbons (Fsp3) is 0.235. The second kappa shape index (κ2) is 8.69. The molecule has 0 fully saturated rings. The van der Waals surface area contributed by atoms with Crippen LogP contribution in [0, 0.1) is 6.92 Å². The topological polar surface area (TPSA) is 77.5 Å². The summed E-state index contributed by atoms with van der Waals surface area (Å²) in [6.45, 7) is 1.23. The first-order valence-electron chi connectivity index (χ1n) is 7.30. The summed E-state index contributed by atoms with van der Waals surface area (Å²) < 4.78 is 10.1. The van der Waals surface area contributed by atoms with Crippen LogP contribution in [0.4, 0.5) is 5.82 Å². The summed E-state index contributed by atoms with van der Waals surface area (Å²) in [5.41, 5.74) is 1.20. The molecule has 0 bridgehead atoms. The summed E-state index contributed by atoms with van der Waals surface area (Å²) in [6.07, 6.45) is -0.00362. The molecule has 0 radical (unpaired) electrons. The number of halogens is 2. The predicted molar refractivity (Wildman–Crippen MR) is 95.3 cm³/mol. The van der Waals surface area contributed by atoms with E-state index >= 15 is 0 Å². The van der Waals surface area contributed by atoms with E-state index < -0.39 is 18.5 Å². The zero-order valence-corrected chi connectivity index (χ0v) is 15.1. The Bertz CT molecular complexity index is 796.